The minimum Gasteiger partial charge on any atom is -0.469 e. The summed E-state index contributed by atoms with van der Waals surface area (Å²) < 4.78 is 54.3. The third kappa shape index (κ3) is 4.75. The summed E-state index contributed by atoms with van der Waals surface area (Å²) in [6.45, 7) is 1.45. The third-order valence-electron chi connectivity index (χ3n) is 3.15. The normalized spacial score (nSPS) is 13.8. The summed E-state index contributed by atoms with van der Waals surface area (Å²) in [6.07, 6.45) is 0.996. The Kier molecular flexibility index (Phi) is 6.36. The summed E-state index contributed by atoms with van der Waals surface area (Å²) in [4.78, 5) is 11.1. The van der Waals surface area contributed by atoms with Crippen LogP contribution in [0.5, 0.6) is 0 Å². The van der Waals surface area contributed by atoms with Gasteiger partial charge >= 0.3 is 5.97 Å². The zero-order chi connectivity index (χ0) is 18.0. The van der Waals surface area contributed by atoms with Crippen LogP contribution in [0.4, 0.5) is 0 Å². The lowest BCUT2D eigenvalue weighted by Crippen LogP contribution is -2.34. The second-order valence-electron chi connectivity index (χ2n) is 5.07. The number of hydrogen-bond donors (Lipinski definition) is 0. The largest absolute Gasteiger partial charge is 0.469 e. The fourth-order valence-corrected chi connectivity index (χ4v) is 4.77. The molecule has 0 aliphatic heterocycles. The molecule has 0 radical (unpaired) electrons. The van der Waals surface area contributed by atoms with Gasteiger partial charge in [-0.1, -0.05) is 6.92 Å². The number of rotatable bonds is 6. The quantitative estimate of drug-likeness (QED) is 0.634. The average Bonchev–Trinajstić information content (AvgIpc) is 2.45. The molecule has 0 aliphatic rings. The van der Waals surface area contributed by atoms with E-state index in [0.717, 1.165) is 16.6 Å². The molecule has 0 aliphatic carbocycles. The van der Waals surface area contributed by atoms with Gasteiger partial charge in [-0.15, -0.1) is 0 Å². The fraction of sp³-hybridized carbons (Fsp3) is 0.462. The molecule has 0 heterocycles. The number of carbonyl (C=O) groups excluding carboxylic acids is 1. The minimum absolute atomic E-state index is 0.0927. The molecule has 0 fully saturated rings. The second-order valence-corrected chi connectivity index (χ2v) is 9.96. The highest BCUT2D eigenvalue weighted by molar-refractivity contribution is 9.10. The van der Waals surface area contributed by atoms with Crippen molar-refractivity contribution in [1.82, 2.24) is 4.31 Å². The van der Waals surface area contributed by atoms with Crippen molar-refractivity contribution in [2.24, 2.45) is 5.92 Å². The molecule has 0 amide bonds. The van der Waals surface area contributed by atoms with Gasteiger partial charge in [0, 0.05) is 24.3 Å². The molecule has 0 bridgehead atoms. The van der Waals surface area contributed by atoms with Crippen molar-refractivity contribution in [2.45, 2.75) is 16.7 Å². The zero-order valence-electron chi connectivity index (χ0n) is 13.1. The molecule has 1 atom stereocenters. The van der Waals surface area contributed by atoms with Gasteiger partial charge < -0.3 is 4.74 Å². The summed E-state index contributed by atoms with van der Waals surface area (Å²) in [7, 11) is -4.99. The van der Waals surface area contributed by atoms with Crippen molar-refractivity contribution >= 4 is 41.8 Å². The molecule has 130 valence electrons. The van der Waals surface area contributed by atoms with E-state index in [4.69, 9.17) is 0 Å². The molecular formula is C13H18BrNO6S2. The van der Waals surface area contributed by atoms with Gasteiger partial charge in [-0.25, -0.2) is 21.1 Å². The first-order chi connectivity index (χ1) is 10.4. The molecule has 0 saturated carbocycles. The lowest BCUT2D eigenvalue weighted by molar-refractivity contribution is -0.144. The van der Waals surface area contributed by atoms with E-state index in [0.29, 0.717) is 0 Å². The third-order valence-corrected chi connectivity index (χ3v) is 7.08. The molecule has 0 spiro atoms. The number of sulfone groups is 1. The Bertz CT molecular complexity index is 804. The Labute approximate surface area is 144 Å². The topological polar surface area (TPSA) is 97.8 Å². The Morgan fingerprint density at radius 2 is 1.87 bits per heavy atom. The number of halogens is 1. The number of methoxy groups -OCH3 is 1. The van der Waals surface area contributed by atoms with E-state index in [1.54, 1.807) is 6.92 Å². The summed E-state index contributed by atoms with van der Waals surface area (Å²) in [5, 5.41) is 0. The maximum Gasteiger partial charge on any atom is 0.309 e. The van der Waals surface area contributed by atoms with Crippen LogP contribution < -0.4 is 0 Å². The number of ether oxygens (including phenoxy) is 1. The average molecular weight is 428 g/mol. The maximum absolute atomic E-state index is 12.6. The van der Waals surface area contributed by atoms with E-state index in [1.165, 1.54) is 26.3 Å². The second kappa shape index (κ2) is 7.29. The van der Waals surface area contributed by atoms with Crippen LogP contribution in [0.15, 0.2) is 32.5 Å². The number of benzene rings is 1. The molecule has 10 heteroatoms. The van der Waals surface area contributed by atoms with Crippen LogP contribution in [0.1, 0.15) is 6.92 Å². The van der Waals surface area contributed by atoms with Gasteiger partial charge in [-0.05, 0) is 34.1 Å². The van der Waals surface area contributed by atoms with Crippen LogP contribution in [0.2, 0.25) is 0 Å². The van der Waals surface area contributed by atoms with Crippen molar-refractivity contribution in [1.29, 1.82) is 0 Å². The van der Waals surface area contributed by atoms with Gasteiger partial charge in [0.25, 0.3) is 0 Å². The van der Waals surface area contributed by atoms with Gasteiger partial charge in [0.05, 0.1) is 22.8 Å². The summed E-state index contributed by atoms with van der Waals surface area (Å²) in [6, 6.07) is 3.77. The lowest BCUT2D eigenvalue weighted by Gasteiger charge is -2.21. The van der Waals surface area contributed by atoms with Gasteiger partial charge in [0.15, 0.2) is 9.84 Å². The van der Waals surface area contributed by atoms with Crippen molar-refractivity contribution in [3.8, 4) is 0 Å². The molecule has 0 N–H and O–H groups in total. The van der Waals surface area contributed by atoms with Crippen LogP contribution in [0.25, 0.3) is 0 Å². The van der Waals surface area contributed by atoms with E-state index < -0.39 is 31.7 Å². The zero-order valence-corrected chi connectivity index (χ0v) is 16.3. The summed E-state index contributed by atoms with van der Waals surface area (Å²) in [5.74, 6) is -1.19. The van der Waals surface area contributed by atoms with Gasteiger partial charge in [0.2, 0.25) is 10.0 Å². The first kappa shape index (κ1) is 20.1. The molecular weight excluding hydrogens is 410 g/mol. The Morgan fingerprint density at radius 3 is 2.35 bits per heavy atom. The number of sulfonamides is 1. The van der Waals surface area contributed by atoms with Crippen LogP contribution in [-0.4, -0.2) is 54.1 Å². The number of nitrogens with zero attached hydrogens (tertiary/aromatic N) is 1. The van der Waals surface area contributed by atoms with Crippen molar-refractivity contribution < 1.29 is 26.4 Å². The summed E-state index contributed by atoms with van der Waals surface area (Å²) in [5.41, 5.74) is 0. The molecule has 0 saturated heterocycles. The Balaban J connectivity index is 3.25. The Morgan fingerprint density at radius 1 is 1.30 bits per heavy atom. The fourth-order valence-electron chi connectivity index (χ4n) is 1.84. The van der Waals surface area contributed by atoms with Crippen LogP contribution in [0, 0.1) is 5.92 Å². The Hall–Kier alpha value is -0.970. The van der Waals surface area contributed by atoms with Crippen LogP contribution >= 0.6 is 15.9 Å². The molecule has 0 aromatic heterocycles. The highest BCUT2D eigenvalue weighted by Gasteiger charge is 2.28. The van der Waals surface area contributed by atoms with Gasteiger partial charge in [-0.3, -0.25) is 4.79 Å². The predicted octanol–water partition coefficient (Wildman–Crippen LogP) is 1.28. The van der Waals surface area contributed by atoms with E-state index in [1.807, 2.05) is 0 Å². The SMILES string of the molecule is COC(=O)C(C)CN(C)S(=O)(=O)c1cc(S(C)(=O)=O)ccc1Br. The van der Waals surface area contributed by atoms with Crippen molar-refractivity contribution in [2.75, 3.05) is 27.0 Å². The van der Waals surface area contributed by atoms with E-state index >= 15 is 0 Å². The highest BCUT2D eigenvalue weighted by Crippen LogP contribution is 2.27. The number of carbonyl (C=O) groups is 1. The first-order valence-corrected chi connectivity index (χ1v) is 10.6. The van der Waals surface area contributed by atoms with E-state index in [9.17, 15) is 21.6 Å². The standard InChI is InChI=1S/C13H18BrNO6S2/c1-9(13(16)21-3)8-15(2)23(19,20)12-7-10(22(4,17)18)5-6-11(12)14/h5-7,9H,8H2,1-4H3. The van der Waals surface area contributed by atoms with Crippen molar-refractivity contribution in [3.63, 3.8) is 0 Å². The first-order valence-electron chi connectivity index (χ1n) is 6.45. The number of hydrogen-bond acceptors (Lipinski definition) is 6. The van der Waals surface area contributed by atoms with Crippen molar-refractivity contribution in [3.05, 3.63) is 22.7 Å². The maximum atomic E-state index is 12.6. The molecule has 1 aromatic rings. The van der Waals surface area contributed by atoms with Gasteiger partial charge in [-0.2, -0.15) is 0 Å². The van der Waals surface area contributed by atoms with Crippen LogP contribution in [-0.2, 0) is 29.4 Å². The molecule has 7 nitrogen and oxygen atoms in total. The smallest absolute Gasteiger partial charge is 0.309 e. The molecule has 1 aromatic carbocycles. The molecule has 23 heavy (non-hydrogen) atoms. The molecule has 1 rings (SSSR count). The summed E-state index contributed by atoms with van der Waals surface area (Å²) >= 11 is 3.12. The van der Waals surface area contributed by atoms with E-state index in [2.05, 4.69) is 20.7 Å². The van der Waals surface area contributed by atoms with Gasteiger partial charge in [0.1, 0.15) is 0 Å². The number of esters is 1. The lowest BCUT2D eigenvalue weighted by atomic mass is 10.2. The predicted molar refractivity (Wildman–Crippen MR) is 88.2 cm³/mol. The molecule has 1 unspecified atom stereocenters. The highest BCUT2D eigenvalue weighted by atomic mass is 79.9. The minimum atomic E-state index is -3.98. The van der Waals surface area contributed by atoms with Crippen LogP contribution in [0.3, 0.4) is 0 Å². The van der Waals surface area contributed by atoms with E-state index in [-0.39, 0.29) is 20.8 Å². The monoisotopic (exact) mass is 427 g/mol.